The third kappa shape index (κ3) is 3.32. The number of ether oxygens (including phenoxy) is 1. The Bertz CT molecular complexity index is 943. The van der Waals surface area contributed by atoms with Gasteiger partial charge in [0.1, 0.15) is 0 Å². The van der Waals surface area contributed by atoms with Crippen LogP contribution in [0.3, 0.4) is 0 Å². The lowest BCUT2D eigenvalue weighted by atomic mass is 9.92. The number of methoxy groups -OCH3 is 1. The van der Waals surface area contributed by atoms with Gasteiger partial charge in [0.15, 0.2) is 11.5 Å². The highest BCUT2D eigenvalue weighted by Gasteiger charge is 2.42. The van der Waals surface area contributed by atoms with Crippen LogP contribution >= 0.6 is 0 Å². The van der Waals surface area contributed by atoms with Gasteiger partial charge in [-0.3, -0.25) is 4.79 Å². The number of hydrogen-bond acceptors (Lipinski definition) is 5. The number of para-hydroxylation sites is 1. The fourth-order valence-electron chi connectivity index (χ4n) is 3.43. The molecule has 3 heterocycles. The van der Waals surface area contributed by atoms with Crippen LogP contribution in [0.4, 0.5) is 4.39 Å². The maximum absolute atomic E-state index is 15.3. The number of aromatic nitrogens is 3. The van der Waals surface area contributed by atoms with Crippen LogP contribution in [0.2, 0.25) is 0 Å². The minimum absolute atomic E-state index is 0.00667. The standard InChI is InChI=1S/C19H21FN4O3/c1-26-11-6-16-22-18(27-23-16)19(20)7-9-24(10-8-19)17(25)14-12-21-15-5-3-2-4-13(14)15/h2-5,12,21H,6-11H2,1H3. The number of fused-ring (bicyclic) bond motifs is 1. The molecule has 142 valence electrons. The van der Waals surface area contributed by atoms with Crippen LogP contribution < -0.4 is 0 Å². The van der Waals surface area contributed by atoms with Crippen LogP contribution in [0.25, 0.3) is 10.9 Å². The molecule has 0 unspecified atom stereocenters. The molecule has 0 bridgehead atoms. The zero-order valence-corrected chi connectivity index (χ0v) is 15.1. The predicted octanol–water partition coefficient (Wildman–Crippen LogP) is 2.84. The number of amides is 1. The van der Waals surface area contributed by atoms with Crippen LogP contribution in [-0.4, -0.2) is 52.7 Å². The van der Waals surface area contributed by atoms with E-state index in [0.29, 0.717) is 37.5 Å². The van der Waals surface area contributed by atoms with Crippen molar-refractivity contribution in [3.63, 3.8) is 0 Å². The predicted molar refractivity (Wildman–Crippen MR) is 96.1 cm³/mol. The molecule has 1 aliphatic heterocycles. The summed E-state index contributed by atoms with van der Waals surface area (Å²) >= 11 is 0. The number of benzene rings is 1. The fourth-order valence-corrected chi connectivity index (χ4v) is 3.43. The Balaban J connectivity index is 1.45. The van der Waals surface area contributed by atoms with E-state index in [2.05, 4.69) is 15.1 Å². The molecule has 1 N–H and O–H groups in total. The number of carbonyl (C=O) groups is 1. The Hall–Kier alpha value is -2.74. The summed E-state index contributed by atoms with van der Waals surface area (Å²) in [5.74, 6) is 0.329. The molecule has 0 saturated carbocycles. The van der Waals surface area contributed by atoms with Gasteiger partial charge in [0.2, 0.25) is 0 Å². The van der Waals surface area contributed by atoms with Crippen molar-refractivity contribution in [1.29, 1.82) is 0 Å². The molecule has 27 heavy (non-hydrogen) atoms. The average molecular weight is 372 g/mol. The second kappa shape index (κ2) is 7.11. The first kappa shape index (κ1) is 17.7. The van der Waals surface area contributed by atoms with Crippen LogP contribution in [0.15, 0.2) is 35.0 Å². The van der Waals surface area contributed by atoms with Crippen molar-refractivity contribution in [2.45, 2.75) is 24.9 Å². The average Bonchev–Trinajstić information content (AvgIpc) is 3.34. The van der Waals surface area contributed by atoms with Gasteiger partial charge >= 0.3 is 0 Å². The number of alkyl halides is 1. The summed E-state index contributed by atoms with van der Waals surface area (Å²) in [6.07, 6.45) is 2.45. The molecular formula is C19H21FN4O3. The van der Waals surface area contributed by atoms with E-state index in [0.717, 1.165) is 10.9 Å². The van der Waals surface area contributed by atoms with E-state index < -0.39 is 5.67 Å². The van der Waals surface area contributed by atoms with Crippen molar-refractivity contribution in [2.75, 3.05) is 26.8 Å². The van der Waals surface area contributed by atoms with Crippen molar-refractivity contribution in [2.24, 2.45) is 0 Å². The van der Waals surface area contributed by atoms with Gasteiger partial charge in [-0.2, -0.15) is 4.98 Å². The quantitative estimate of drug-likeness (QED) is 0.744. The number of nitrogens with zero attached hydrogens (tertiary/aromatic N) is 3. The molecule has 0 atom stereocenters. The summed E-state index contributed by atoms with van der Waals surface area (Å²) in [5.41, 5.74) is -0.182. The number of carbonyl (C=O) groups excluding carboxylic acids is 1. The summed E-state index contributed by atoms with van der Waals surface area (Å²) in [5, 5.41) is 4.69. The van der Waals surface area contributed by atoms with E-state index >= 15 is 4.39 Å². The summed E-state index contributed by atoms with van der Waals surface area (Å²) in [6.45, 7) is 1.04. The third-order valence-corrected chi connectivity index (χ3v) is 5.04. The van der Waals surface area contributed by atoms with Gasteiger partial charge in [0.05, 0.1) is 12.2 Å². The van der Waals surface area contributed by atoms with Gasteiger partial charge in [-0.1, -0.05) is 23.4 Å². The lowest BCUT2D eigenvalue weighted by Crippen LogP contribution is -2.43. The second-order valence-electron chi connectivity index (χ2n) is 6.76. The maximum Gasteiger partial charge on any atom is 0.264 e. The van der Waals surface area contributed by atoms with Gasteiger partial charge in [-0.15, -0.1) is 0 Å². The molecule has 1 amide bonds. The van der Waals surface area contributed by atoms with Crippen molar-refractivity contribution in [3.8, 4) is 0 Å². The molecule has 1 saturated heterocycles. The highest BCUT2D eigenvalue weighted by atomic mass is 19.1. The first-order valence-electron chi connectivity index (χ1n) is 8.97. The number of nitrogens with one attached hydrogen (secondary N) is 1. The van der Waals surface area contributed by atoms with E-state index in [1.807, 2.05) is 24.3 Å². The lowest BCUT2D eigenvalue weighted by Gasteiger charge is -2.34. The normalized spacial score (nSPS) is 16.7. The van der Waals surface area contributed by atoms with Gasteiger partial charge in [-0.25, -0.2) is 4.39 Å². The molecule has 1 fully saturated rings. The number of aromatic amines is 1. The van der Waals surface area contributed by atoms with Crippen LogP contribution in [0.1, 0.15) is 34.9 Å². The minimum Gasteiger partial charge on any atom is -0.384 e. The zero-order chi connectivity index (χ0) is 18.9. The lowest BCUT2D eigenvalue weighted by molar-refractivity contribution is 0.0250. The molecule has 1 aromatic carbocycles. The van der Waals surface area contributed by atoms with Crippen molar-refractivity contribution < 1.29 is 18.4 Å². The molecule has 0 aliphatic carbocycles. The molecule has 4 rings (SSSR count). The van der Waals surface area contributed by atoms with Gasteiger partial charge in [0.25, 0.3) is 11.8 Å². The molecule has 2 aromatic heterocycles. The van der Waals surface area contributed by atoms with E-state index in [-0.39, 0.29) is 24.6 Å². The summed E-state index contributed by atoms with van der Waals surface area (Å²) in [7, 11) is 1.58. The summed E-state index contributed by atoms with van der Waals surface area (Å²) < 4.78 is 25.4. The molecule has 7 nitrogen and oxygen atoms in total. The van der Waals surface area contributed by atoms with Crippen LogP contribution in [0.5, 0.6) is 0 Å². The minimum atomic E-state index is -1.70. The Morgan fingerprint density at radius 3 is 2.93 bits per heavy atom. The number of H-pyrrole nitrogens is 1. The van der Waals surface area contributed by atoms with Crippen molar-refractivity contribution >= 4 is 16.8 Å². The first-order valence-corrected chi connectivity index (χ1v) is 8.97. The number of likely N-dealkylation sites (tertiary alicyclic amines) is 1. The van der Waals surface area contributed by atoms with Gasteiger partial charge in [-0.05, 0) is 6.07 Å². The number of hydrogen-bond donors (Lipinski definition) is 1. The molecule has 1 aliphatic rings. The molecule has 8 heteroatoms. The van der Waals surface area contributed by atoms with Crippen molar-refractivity contribution in [1.82, 2.24) is 20.0 Å². The third-order valence-electron chi connectivity index (χ3n) is 5.04. The Labute approximate surface area is 155 Å². The van der Waals surface area contributed by atoms with Crippen LogP contribution in [-0.2, 0) is 16.8 Å². The van der Waals surface area contributed by atoms with Crippen LogP contribution in [0, 0.1) is 0 Å². The van der Waals surface area contributed by atoms with Crippen molar-refractivity contribution in [3.05, 3.63) is 47.7 Å². The van der Waals surface area contributed by atoms with E-state index in [1.54, 1.807) is 18.2 Å². The Kier molecular flexibility index (Phi) is 4.65. The van der Waals surface area contributed by atoms with E-state index in [4.69, 9.17) is 9.26 Å². The SMILES string of the molecule is COCCc1noc(C2(F)CCN(C(=O)c3c[nH]c4ccccc34)CC2)n1. The number of piperidine rings is 1. The largest absolute Gasteiger partial charge is 0.384 e. The molecular weight excluding hydrogens is 351 g/mol. The maximum atomic E-state index is 15.3. The molecule has 0 radical (unpaired) electrons. The smallest absolute Gasteiger partial charge is 0.264 e. The summed E-state index contributed by atoms with van der Waals surface area (Å²) in [6, 6.07) is 7.64. The van der Waals surface area contributed by atoms with E-state index in [9.17, 15) is 4.79 Å². The van der Waals surface area contributed by atoms with Gasteiger partial charge < -0.3 is 19.1 Å². The van der Waals surface area contributed by atoms with E-state index in [1.165, 1.54) is 0 Å². The molecule has 0 spiro atoms. The van der Waals surface area contributed by atoms with Gasteiger partial charge in [0, 0.05) is 56.6 Å². The fraction of sp³-hybridized carbons (Fsp3) is 0.421. The second-order valence-corrected chi connectivity index (χ2v) is 6.76. The summed E-state index contributed by atoms with van der Waals surface area (Å²) in [4.78, 5) is 21.8. The number of halogens is 1. The first-order chi connectivity index (χ1) is 13.1. The highest BCUT2D eigenvalue weighted by molar-refractivity contribution is 6.06. The number of rotatable bonds is 5. The topological polar surface area (TPSA) is 84.3 Å². The monoisotopic (exact) mass is 372 g/mol. The highest BCUT2D eigenvalue weighted by Crippen LogP contribution is 2.36. The zero-order valence-electron chi connectivity index (χ0n) is 15.1. The molecule has 3 aromatic rings. The Morgan fingerprint density at radius 2 is 2.15 bits per heavy atom. The Morgan fingerprint density at radius 1 is 1.37 bits per heavy atom.